The average molecular weight is 406 g/mol. The molecule has 3 aromatic carbocycles. The summed E-state index contributed by atoms with van der Waals surface area (Å²) in [4.78, 5) is 17.0. The van der Waals surface area contributed by atoms with Crippen molar-refractivity contribution >= 4 is 23.2 Å². The Hall–Kier alpha value is -3.64. The third-order valence-electron chi connectivity index (χ3n) is 4.07. The van der Waals surface area contributed by atoms with Gasteiger partial charge in [-0.1, -0.05) is 65.3 Å². The SMILES string of the molecule is O=C(Nc1ccccc1)c1cc(Cl)ccc1OCc1nc(-c2ccccc2)no1. The molecule has 0 saturated carbocycles. The number of hydrogen-bond donors (Lipinski definition) is 1. The summed E-state index contributed by atoms with van der Waals surface area (Å²) >= 11 is 6.08. The number of para-hydroxylation sites is 1. The van der Waals surface area contributed by atoms with Crippen molar-refractivity contribution in [1.82, 2.24) is 10.1 Å². The smallest absolute Gasteiger partial charge is 0.264 e. The standard InChI is InChI=1S/C22H16ClN3O3/c23-16-11-12-19(18(13-16)22(27)24-17-9-5-2-6-10-17)28-14-20-25-21(26-29-20)15-7-3-1-4-8-15/h1-13H,14H2,(H,24,27). The summed E-state index contributed by atoms with van der Waals surface area (Å²) in [6.07, 6.45) is 0. The molecule has 6 nitrogen and oxygen atoms in total. The van der Waals surface area contributed by atoms with Gasteiger partial charge >= 0.3 is 0 Å². The summed E-state index contributed by atoms with van der Waals surface area (Å²) in [7, 11) is 0. The van der Waals surface area contributed by atoms with Gasteiger partial charge in [0.2, 0.25) is 5.82 Å². The molecule has 0 aliphatic carbocycles. The van der Waals surface area contributed by atoms with Crippen LogP contribution in [0.15, 0.2) is 83.4 Å². The molecule has 0 spiro atoms. The normalized spacial score (nSPS) is 10.5. The first-order valence-corrected chi connectivity index (χ1v) is 9.23. The van der Waals surface area contributed by atoms with Crippen molar-refractivity contribution in [3.05, 3.63) is 95.3 Å². The number of carbonyl (C=O) groups excluding carboxylic acids is 1. The van der Waals surface area contributed by atoms with E-state index >= 15 is 0 Å². The molecule has 0 saturated heterocycles. The highest BCUT2D eigenvalue weighted by molar-refractivity contribution is 6.31. The van der Waals surface area contributed by atoms with Crippen molar-refractivity contribution in [1.29, 1.82) is 0 Å². The molecule has 1 heterocycles. The average Bonchev–Trinajstić information content (AvgIpc) is 3.23. The molecule has 1 amide bonds. The Labute approximate surface area is 172 Å². The van der Waals surface area contributed by atoms with E-state index in [0.29, 0.717) is 33.7 Å². The van der Waals surface area contributed by atoms with E-state index in [1.807, 2.05) is 48.5 Å². The number of nitrogens with zero attached hydrogens (tertiary/aromatic N) is 2. The Balaban J connectivity index is 1.49. The molecule has 1 aromatic heterocycles. The Morgan fingerprint density at radius 3 is 2.48 bits per heavy atom. The summed E-state index contributed by atoms with van der Waals surface area (Å²) in [6, 6.07) is 23.5. The molecule has 0 radical (unpaired) electrons. The van der Waals surface area contributed by atoms with E-state index in [2.05, 4.69) is 15.5 Å². The van der Waals surface area contributed by atoms with E-state index in [-0.39, 0.29) is 12.5 Å². The van der Waals surface area contributed by atoms with Gasteiger partial charge in [-0.15, -0.1) is 0 Å². The second kappa shape index (κ2) is 8.58. The largest absolute Gasteiger partial charge is 0.483 e. The fraction of sp³-hybridized carbons (Fsp3) is 0.0455. The minimum atomic E-state index is -0.329. The topological polar surface area (TPSA) is 77.2 Å². The van der Waals surface area contributed by atoms with Crippen molar-refractivity contribution in [3.63, 3.8) is 0 Å². The molecule has 144 valence electrons. The Morgan fingerprint density at radius 2 is 1.72 bits per heavy atom. The highest BCUT2D eigenvalue weighted by Crippen LogP contribution is 2.25. The van der Waals surface area contributed by atoms with E-state index in [1.165, 1.54) is 0 Å². The van der Waals surface area contributed by atoms with E-state index in [0.717, 1.165) is 5.56 Å². The zero-order chi connectivity index (χ0) is 20.1. The van der Waals surface area contributed by atoms with Crippen LogP contribution in [0.1, 0.15) is 16.2 Å². The van der Waals surface area contributed by atoms with Crippen LogP contribution >= 0.6 is 11.6 Å². The van der Waals surface area contributed by atoms with Crippen LogP contribution in [0.3, 0.4) is 0 Å². The zero-order valence-electron chi connectivity index (χ0n) is 15.2. The van der Waals surface area contributed by atoms with Gasteiger partial charge in [0.05, 0.1) is 5.56 Å². The van der Waals surface area contributed by atoms with Crippen molar-refractivity contribution in [2.45, 2.75) is 6.61 Å². The number of nitrogens with one attached hydrogen (secondary N) is 1. The number of benzene rings is 3. The number of ether oxygens (including phenoxy) is 1. The fourth-order valence-corrected chi connectivity index (χ4v) is 2.85. The van der Waals surface area contributed by atoms with Gasteiger partial charge in [-0.3, -0.25) is 4.79 Å². The number of rotatable bonds is 6. The number of hydrogen-bond acceptors (Lipinski definition) is 5. The molecule has 0 unspecified atom stereocenters. The van der Waals surface area contributed by atoms with Crippen LogP contribution in [-0.2, 0) is 6.61 Å². The monoisotopic (exact) mass is 405 g/mol. The van der Waals surface area contributed by atoms with Crippen LogP contribution in [0.4, 0.5) is 5.69 Å². The lowest BCUT2D eigenvalue weighted by molar-refractivity contribution is 0.102. The Morgan fingerprint density at radius 1 is 1.00 bits per heavy atom. The minimum Gasteiger partial charge on any atom is -0.483 e. The molecule has 4 aromatic rings. The zero-order valence-corrected chi connectivity index (χ0v) is 16.0. The molecule has 0 atom stereocenters. The first-order chi connectivity index (χ1) is 14.2. The van der Waals surface area contributed by atoms with Gasteiger partial charge in [0.25, 0.3) is 11.8 Å². The van der Waals surface area contributed by atoms with Crippen LogP contribution in [0.5, 0.6) is 5.75 Å². The molecule has 4 rings (SSSR count). The number of anilines is 1. The van der Waals surface area contributed by atoms with Gasteiger partial charge in [-0.05, 0) is 30.3 Å². The maximum absolute atomic E-state index is 12.7. The molecule has 29 heavy (non-hydrogen) atoms. The van der Waals surface area contributed by atoms with Crippen LogP contribution in [0, 0.1) is 0 Å². The van der Waals surface area contributed by atoms with Crippen LogP contribution < -0.4 is 10.1 Å². The fourth-order valence-electron chi connectivity index (χ4n) is 2.68. The maximum Gasteiger partial charge on any atom is 0.264 e. The minimum absolute atomic E-state index is 0.0209. The first kappa shape index (κ1) is 18.7. The van der Waals surface area contributed by atoms with Gasteiger partial charge in [0.1, 0.15) is 5.75 Å². The highest BCUT2D eigenvalue weighted by Gasteiger charge is 2.16. The van der Waals surface area contributed by atoms with E-state index in [1.54, 1.807) is 30.3 Å². The summed E-state index contributed by atoms with van der Waals surface area (Å²) < 4.78 is 11.0. The van der Waals surface area contributed by atoms with Crippen molar-refractivity contribution < 1.29 is 14.1 Å². The van der Waals surface area contributed by atoms with Crippen LogP contribution in [-0.4, -0.2) is 16.0 Å². The van der Waals surface area contributed by atoms with E-state index < -0.39 is 0 Å². The number of carbonyl (C=O) groups is 1. The van der Waals surface area contributed by atoms with Crippen molar-refractivity contribution in [2.24, 2.45) is 0 Å². The lowest BCUT2D eigenvalue weighted by Gasteiger charge is -2.11. The Bertz CT molecular complexity index is 1110. The summed E-state index contributed by atoms with van der Waals surface area (Å²) in [5.41, 5.74) is 1.83. The molecule has 7 heteroatoms. The summed E-state index contributed by atoms with van der Waals surface area (Å²) in [5.74, 6) is 0.807. The summed E-state index contributed by atoms with van der Waals surface area (Å²) in [5, 5.41) is 7.21. The molecule has 0 bridgehead atoms. The molecule has 0 aliphatic rings. The molecule has 0 fully saturated rings. The Kier molecular flexibility index (Phi) is 5.54. The van der Waals surface area contributed by atoms with Crippen molar-refractivity contribution in [2.75, 3.05) is 5.32 Å². The number of aromatic nitrogens is 2. The second-order valence-corrected chi connectivity index (χ2v) is 6.56. The molecular weight excluding hydrogens is 390 g/mol. The van der Waals surface area contributed by atoms with Gasteiger partial charge in [-0.25, -0.2) is 0 Å². The van der Waals surface area contributed by atoms with Gasteiger partial charge < -0.3 is 14.6 Å². The van der Waals surface area contributed by atoms with E-state index in [4.69, 9.17) is 20.9 Å². The second-order valence-electron chi connectivity index (χ2n) is 6.13. The third-order valence-corrected chi connectivity index (χ3v) is 4.30. The lowest BCUT2D eigenvalue weighted by Crippen LogP contribution is -2.13. The predicted molar refractivity (Wildman–Crippen MR) is 110 cm³/mol. The number of amides is 1. The molecule has 0 aliphatic heterocycles. The maximum atomic E-state index is 12.7. The third kappa shape index (κ3) is 4.62. The molecular formula is C22H16ClN3O3. The predicted octanol–water partition coefficient (Wildman–Crippen LogP) is 5.22. The van der Waals surface area contributed by atoms with Gasteiger partial charge in [0, 0.05) is 16.3 Å². The van der Waals surface area contributed by atoms with Crippen molar-refractivity contribution in [3.8, 4) is 17.1 Å². The first-order valence-electron chi connectivity index (χ1n) is 8.86. The lowest BCUT2D eigenvalue weighted by atomic mass is 10.2. The number of halogens is 1. The van der Waals surface area contributed by atoms with E-state index in [9.17, 15) is 4.79 Å². The van der Waals surface area contributed by atoms with Gasteiger partial charge in [-0.2, -0.15) is 4.98 Å². The van der Waals surface area contributed by atoms with Gasteiger partial charge in [0.15, 0.2) is 6.61 Å². The molecule has 1 N–H and O–H groups in total. The van der Waals surface area contributed by atoms with Crippen LogP contribution in [0.25, 0.3) is 11.4 Å². The quantitative estimate of drug-likeness (QED) is 0.475. The summed E-state index contributed by atoms with van der Waals surface area (Å²) in [6.45, 7) is 0.0209. The highest BCUT2D eigenvalue weighted by atomic mass is 35.5. The van der Waals surface area contributed by atoms with Crippen LogP contribution in [0.2, 0.25) is 5.02 Å².